The molecule has 0 amide bonds. The molecule has 0 bridgehead atoms. The van der Waals surface area contributed by atoms with E-state index in [0.717, 1.165) is 19.3 Å². The van der Waals surface area contributed by atoms with Crippen molar-refractivity contribution in [2.75, 3.05) is 0 Å². The van der Waals surface area contributed by atoms with Crippen LogP contribution in [0.4, 0.5) is 0 Å². The van der Waals surface area contributed by atoms with E-state index in [1.165, 1.54) is 11.1 Å². The average molecular weight is 227 g/mol. The lowest BCUT2D eigenvalue weighted by Gasteiger charge is -2.11. The second kappa shape index (κ2) is 6.11. The largest absolute Gasteiger partial charge is 0.327 e. The molecule has 2 aromatic rings. The van der Waals surface area contributed by atoms with E-state index in [4.69, 9.17) is 5.73 Å². The Morgan fingerprint density at radius 2 is 1.65 bits per heavy atom. The quantitative estimate of drug-likeness (QED) is 0.849. The van der Waals surface area contributed by atoms with Crippen LogP contribution in [0.2, 0.25) is 0 Å². The lowest BCUT2D eigenvalue weighted by molar-refractivity contribution is 0.609. The molecule has 1 unspecified atom stereocenters. The van der Waals surface area contributed by atoms with Crippen molar-refractivity contribution in [3.63, 3.8) is 0 Å². The van der Waals surface area contributed by atoms with Crippen LogP contribution < -0.4 is 5.73 Å². The zero-order chi connectivity index (χ0) is 11.9. The molecule has 3 nitrogen and oxygen atoms in total. The second-order valence-electron chi connectivity index (χ2n) is 4.23. The number of hydrogen-bond donors (Lipinski definition) is 1. The number of aryl methyl sites for hydroxylation is 1. The number of rotatable bonds is 5. The molecule has 1 atom stereocenters. The molecule has 2 aromatic heterocycles. The third-order valence-electron chi connectivity index (χ3n) is 2.75. The van der Waals surface area contributed by atoms with Crippen LogP contribution in [0.1, 0.15) is 17.5 Å². The number of nitrogens with two attached hydrogens (primary N) is 1. The van der Waals surface area contributed by atoms with Gasteiger partial charge in [0.1, 0.15) is 0 Å². The van der Waals surface area contributed by atoms with Crippen molar-refractivity contribution in [1.82, 2.24) is 9.97 Å². The molecule has 2 N–H and O–H groups in total. The Morgan fingerprint density at radius 1 is 1.00 bits per heavy atom. The van der Waals surface area contributed by atoms with Gasteiger partial charge in [0.25, 0.3) is 0 Å². The summed E-state index contributed by atoms with van der Waals surface area (Å²) >= 11 is 0. The molecule has 3 heteroatoms. The van der Waals surface area contributed by atoms with Gasteiger partial charge in [0, 0.05) is 30.8 Å². The first-order chi connectivity index (χ1) is 8.34. The molecule has 2 rings (SSSR count). The summed E-state index contributed by atoms with van der Waals surface area (Å²) in [5, 5.41) is 0. The van der Waals surface area contributed by atoms with Gasteiger partial charge in [0.15, 0.2) is 0 Å². The van der Waals surface area contributed by atoms with Crippen molar-refractivity contribution in [3.8, 4) is 0 Å². The molecule has 0 saturated heterocycles. The minimum absolute atomic E-state index is 0.180. The van der Waals surface area contributed by atoms with Gasteiger partial charge in [-0.1, -0.05) is 12.1 Å². The van der Waals surface area contributed by atoms with Crippen molar-refractivity contribution < 1.29 is 0 Å². The summed E-state index contributed by atoms with van der Waals surface area (Å²) in [7, 11) is 0. The SMILES string of the molecule is NC(CCc1cccnc1)Cc1cccnc1. The molecule has 0 spiro atoms. The molecule has 0 fully saturated rings. The van der Waals surface area contributed by atoms with Crippen molar-refractivity contribution in [1.29, 1.82) is 0 Å². The highest BCUT2D eigenvalue weighted by atomic mass is 14.6. The summed E-state index contributed by atoms with van der Waals surface area (Å²) in [6.45, 7) is 0. The van der Waals surface area contributed by atoms with Gasteiger partial charge < -0.3 is 5.73 Å². The van der Waals surface area contributed by atoms with Crippen LogP contribution in [-0.4, -0.2) is 16.0 Å². The standard InChI is InChI=1S/C14H17N3/c15-14(9-13-4-2-8-17-11-13)6-5-12-3-1-7-16-10-12/h1-4,7-8,10-11,14H,5-6,9,15H2. The zero-order valence-electron chi connectivity index (χ0n) is 9.79. The molecule has 0 aliphatic heterocycles. The Balaban J connectivity index is 1.80. The summed E-state index contributed by atoms with van der Waals surface area (Å²) in [5.74, 6) is 0. The summed E-state index contributed by atoms with van der Waals surface area (Å²) in [4.78, 5) is 8.19. The van der Waals surface area contributed by atoms with Crippen LogP contribution in [0.15, 0.2) is 49.1 Å². The predicted octanol–water partition coefficient (Wildman–Crippen LogP) is 1.98. The molecule has 88 valence electrons. The number of hydrogen-bond acceptors (Lipinski definition) is 3. The third-order valence-corrected chi connectivity index (χ3v) is 2.75. The third kappa shape index (κ3) is 3.96. The maximum atomic E-state index is 6.11. The van der Waals surface area contributed by atoms with Crippen molar-refractivity contribution in [2.45, 2.75) is 25.3 Å². The van der Waals surface area contributed by atoms with E-state index < -0.39 is 0 Å². The zero-order valence-corrected chi connectivity index (χ0v) is 9.79. The van der Waals surface area contributed by atoms with E-state index in [9.17, 15) is 0 Å². The lowest BCUT2D eigenvalue weighted by Crippen LogP contribution is -2.23. The fraction of sp³-hybridized carbons (Fsp3) is 0.286. The summed E-state index contributed by atoms with van der Waals surface area (Å²) < 4.78 is 0. The minimum Gasteiger partial charge on any atom is -0.327 e. The summed E-state index contributed by atoms with van der Waals surface area (Å²) in [6.07, 6.45) is 10.2. The highest BCUT2D eigenvalue weighted by Crippen LogP contribution is 2.06. The molecular formula is C14H17N3. The van der Waals surface area contributed by atoms with E-state index >= 15 is 0 Å². The highest BCUT2D eigenvalue weighted by molar-refractivity contribution is 5.11. The van der Waals surface area contributed by atoms with Gasteiger partial charge in [-0.05, 0) is 42.5 Å². The van der Waals surface area contributed by atoms with Gasteiger partial charge in [-0.2, -0.15) is 0 Å². The topological polar surface area (TPSA) is 51.8 Å². The van der Waals surface area contributed by atoms with E-state index in [0.29, 0.717) is 0 Å². The van der Waals surface area contributed by atoms with Crippen molar-refractivity contribution in [3.05, 3.63) is 60.2 Å². The van der Waals surface area contributed by atoms with Crippen molar-refractivity contribution >= 4 is 0 Å². The van der Waals surface area contributed by atoms with Crippen molar-refractivity contribution in [2.24, 2.45) is 5.73 Å². The lowest BCUT2D eigenvalue weighted by atomic mass is 10.0. The minimum atomic E-state index is 0.180. The van der Waals surface area contributed by atoms with Gasteiger partial charge >= 0.3 is 0 Å². The maximum Gasteiger partial charge on any atom is 0.0300 e. The molecule has 0 aliphatic rings. The van der Waals surface area contributed by atoms with E-state index in [1.54, 1.807) is 12.4 Å². The molecule has 0 saturated carbocycles. The van der Waals surface area contributed by atoms with Crippen LogP contribution in [0.3, 0.4) is 0 Å². The van der Waals surface area contributed by atoms with Gasteiger partial charge in [-0.3, -0.25) is 9.97 Å². The number of pyridine rings is 2. The van der Waals surface area contributed by atoms with E-state index in [2.05, 4.69) is 22.1 Å². The summed E-state index contributed by atoms with van der Waals surface area (Å²) in [5.41, 5.74) is 8.55. The Bertz CT molecular complexity index is 428. The second-order valence-corrected chi connectivity index (χ2v) is 4.23. The normalized spacial score (nSPS) is 12.3. The molecule has 2 heterocycles. The molecule has 0 aromatic carbocycles. The molecular weight excluding hydrogens is 210 g/mol. The Labute approximate surface area is 102 Å². The first-order valence-corrected chi connectivity index (χ1v) is 5.88. The average Bonchev–Trinajstić information content (AvgIpc) is 2.39. The van der Waals surface area contributed by atoms with Gasteiger partial charge in [-0.25, -0.2) is 0 Å². The Morgan fingerprint density at radius 3 is 2.24 bits per heavy atom. The van der Waals surface area contributed by atoms with Crippen LogP contribution in [0.5, 0.6) is 0 Å². The van der Waals surface area contributed by atoms with Gasteiger partial charge in [0.2, 0.25) is 0 Å². The van der Waals surface area contributed by atoms with E-state index in [1.807, 2.05) is 24.5 Å². The van der Waals surface area contributed by atoms with Crippen LogP contribution in [0.25, 0.3) is 0 Å². The Hall–Kier alpha value is -1.74. The smallest absolute Gasteiger partial charge is 0.0300 e. The molecule has 0 radical (unpaired) electrons. The first kappa shape index (κ1) is 11.7. The first-order valence-electron chi connectivity index (χ1n) is 5.88. The summed E-state index contributed by atoms with van der Waals surface area (Å²) in [6, 6.07) is 8.24. The monoisotopic (exact) mass is 227 g/mol. The van der Waals surface area contributed by atoms with E-state index in [-0.39, 0.29) is 6.04 Å². The highest BCUT2D eigenvalue weighted by Gasteiger charge is 2.04. The van der Waals surface area contributed by atoms with Crippen LogP contribution in [0, 0.1) is 0 Å². The predicted molar refractivity (Wildman–Crippen MR) is 68.5 cm³/mol. The fourth-order valence-corrected chi connectivity index (χ4v) is 1.82. The molecule has 0 aliphatic carbocycles. The Kier molecular flexibility index (Phi) is 4.22. The molecule has 17 heavy (non-hydrogen) atoms. The van der Waals surface area contributed by atoms with Crippen LogP contribution >= 0.6 is 0 Å². The van der Waals surface area contributed by atoms with Gasteiger partial charge in [-0.15, -0.1) is 0 Å². The maximum absolute atomic E-state index is 6.11. The van der Waals surface area contributed by atoms with Gasteiger partial charge in [0.05, 0.1) is 0 Å². The number of aromatic nitrogens is 2. The fourth-order valence-electron chi connectivity index (χ4n) is 1.82. The van der Waals surface area contributed by atoms with Crippen LogP contribution in [-0.2, 0) is 12.8 Å². The number of nitrogens with zero attached hydrogens (tertiary/aromatic N) is 2.